The van der Waals surface area contributed by atoms with Crippen molar-refractivity contribution in [1.82, 2.24) is 4.90 Å². The zero-order valence-electron chi connectivity index (χ0n) is 8.66. The van der Waals surface area contributed by atoms with Gasteiger partial charge in [-0.05, 0) is 12.8 Å². The molecule has 2 atom stereocenters. The van der Waals surface area contributed by atoms with E-state index in [1.54, 1.807) is 6.92 Å². The normalized spacial score (nSPS) is 23.6. The predicted molar refractivity (Wildman–Crippen MR) is 51.6 cm³/mol. The summed E-state index contributed by atoms with van der Waals surface area (Å²) in [6.07, 6.45) is 1.21. The third-order valence-electron chi connectivity index (χ3n) is 3.25. The van der Waals surface area contributed by atoms with Gasteiger partial charge >= 0.3 is 5.97 Å². The number of aliphatic carboxylic acids is 1. The van der Waals surface area contributed by atoms with E-state index >= 15 is 0 Å². The summed E-state index contributed by atoms with van der Waals surface area (Å²) in [7, 11) is 0. The molecule has 1 N–H and O–H groups in total. The summed E-state index contributed by atoms with van der Waals surface area (Å²) in [6.45, 7) is 8.13. The third kappa shape index (κ3) is 2.21. The topological polar surface area (TPSA) is 40.5 Å². The van der Waals surface area contributed by atoms with Crippen molar-refractivity contribution in [2.24, 2.45) is 11.8 Å². The minimum Gasteiger partial charge on any atom is -0.481 e. The summed E-state index contributed by atoms with van der Waals surface area (Å²) < 4.78 is 0. The Bertz CT molecular complexity index is 187. The van der Waals surface area contributed by atoms with E-state index in [2.05, 4.69) is 11.8 Å². The largest absolute Gasteiger partial charge is 0.481 e. The summed E-state index contributed by atoms with van der Waals surface area (Å²) in [5, 5.41) is 8.82. The van der Waals surface area contributed by atoms with Gasteiger partial charge in [0.1, 0.15) is 0 Å². The van der Waals surface area contributed by atoms with Crippen LogP contribution in [0.5, 0.6) is 0 Å². The second-order valence-electron chi connectivity index (χ2n) is 4.10. The Hall–Kier alpha value is -0.570. The van der Waals surface area contributed by atoms with Crippen LogP contribution >= 0.6 is 0 Å². The number of rotatable bonds is 4. The van der Waals surface area contributed by atoms with Crippen LogP contribution in [-0.2, 0) is 4.79 Å². The number of carbonyl (C=O) groups is 1. The fourth-order valence-electron chi connectivity index (χ4n) is 1.72. The summed E-state index contributed by atoms with van der Waals surface area (Å²) in [4.78, 5) is 13.0. The highest BCUT2D eigenvalue weighted by molar-refractivity contribution is 5.70. The first-order valence-electron chi connectivity index (χ1n) is 5.03. The summed E-state index contributed by atoms with van der Waals surface area (Å²) in [5.74, 6) is -0.145. The van der Waals surface area contributed by atoms with Crippen LogP contribution in [0.3, 0.4) is 0 Å². The Balaban J connectivity index is 2.34. The lowest BCUT2D eigenvalue weighted by Gasteiger charge is -2.44. The third-order valence-corrected chi connectivity index (χ3v) is 3.25. The molecule has 1 aliphatic heterocycles. The van der Waals surface area contributed by atoms with E-state index in [1.165, 1.54) is 6.42 Å². The number of nitrogens with zero attached hydrogens (tertiary/aromatic N) is 1. The van der Waals surface area contributed by atoms with Crippen molar-refractivity contribution in [3.63, 3.8) is 0 Å². The second kappa shape index (κ2) is 4.09. The van der Waals surface area contributed by atoms with Crippen molar-refractivity contribution in [2.45, 2.75) is 33.2 Å². The maximum absolute atomic E-state index is 10.7. The van der Waals surface area contributed by atoms with Gasteiger partial charge in [0, 0.05) is 19.1 Å². The van der Waals surface area contributed by atoms with Crippen LogP contribution in [0.2, 0.25) is 0 Å². The first-order chi connectivity index (χ1) is 6.06. The molecule has 0 spiro atoms. The minimum atomic E-state index is -0.688. The molecule has 0 amide bonds. The van der Waals surface area contributed by atoms with Gasteiger partial charge in [0.05, 0.1) is 5.92 Å². The van der Waals surface area contributed by atoms with E-state index < -0.39 is 5.97 Å². The quantitative estimate of drug-likeness (QED) is 0.720. The van der Waals surface area contributed by atoms with E-state index in [4.69, 9.17) is 5.11 Å². The van der Waals surface area contributed by atoms with Crippen molar-refractivity contribution in [1.29, 1.82) is 0 Å². The van der Waals surface area contributed by atoms with Crippen molar-refractivity contribution < 1.29 is 9.90 Å². The molecule has 1 heterocycles. The Labute approximate surface area is 79.7 Å². The SMILES string of the molecule is CCC1CN(C(C)C(C)C(=O)O)C1. The van der Waals surface area contributed by atoms with Crippen LogP contribution < -0.4 is 0 Å². The van der Waals surface area contributed by atoms with Crippen molar-refractivity contribution in [3.8, 4) is 0 Å². The Morgan fingerprint density at radius 1 is 1.54 bits per heavy atom. The highest BCUT2D eigenvalue weighted by Gasteiger charge is 2.33. The number of carboxylic acids is 1. The molecule has 0 aromatic rings. The van der Waals surface area contributed by atoms with Gasteiger partial charge in [-0.1, -0.05) is 20.3 Å². The molecule has 1 saturated heterocycles. The minimum absolute atomic E-state index is 0.181. The van der Waals surface area contributed by atoms with Gasteiger partial charge in [0.2, 0.25) is 0 Å². The van der Waals surface area contributed by atoms with E-state index in [9.17, 15) is 4.79 Å². The van der Waals surface area contributed by atoms with Gasteiger partial charge in [-0.2, -0.15) is 0 Å². The van der Waals surface area contributed by atoms with E-state index in [0.717, 1.165) is 19.0 Å². The number of carboxylic acid groups (broad SMARTS) is 1. The van der Waals surface area contributed by atoms with E-state index in [1.807, 2.05) is 6.92 Å². The smallest absolute Gasteiger partial charge is 0.307 e. The molecular formula is C10H19NO2. The average Bonchev–Trinajstić information content (AvgIpc) is 2.00. The number of hydrogen-bond donors (Lipinski definition) is 1. The highest BCUT2D eigenvalue weighted by atomic mass is 16.4. The van der Waals surface area contributed by atoms with Crippen molar-refractivity contribution >= 4 is 5.97 Å². The lowest BCUT2D eigenvalue weighted by Crippen LogP contribution is -2.53. The molecule has 0 aromatic heterocycles. The van der Waals surface area contributed by atoms with Crippen molar-refractivity contribution in [2.75, 3.05) is 13.1 Å². The van der Waals surface area contributed by atoms with Gasteiger partial charge in [-0.15, -0.1) is 0 Å². The lowest BCUT2D eigenvalue weighted by atomic mass is 9.91. The molecule has 2 unspecified atom stereocenters. The van der Waals surface area contributed by atoms with Gasteiger partial charge < -0.3 is 5.11 Å². The maximum Gasteiger partial charge on any atom is 0.307 e. The molecule has 0 aromatic carbocycles. The summed E-state index contributed by atoms with van der Waals surface area (Å²) in [5.41, 5.74) is 0. The van der Waals surface area contributed by atoms with Crippen LogP contribution in [0, 0.1) is 11.8 Å². The standard InChI is InChI=1S/C10H19NO2/c1-4-9-5-11(6-9)8(3)7(2)10(12)13/h7-9H,4-6H2,1-3H3,(H,12,13). The van der Waals surface area contributed by atoms with Gasteiger partial charge in [0.15, 0.2) is 0 Å². The average molecular weight is 185 g/mol. The molecule has 1 aliphatic rings. The first-order valence-corrected chi connectivity index (χ1v) is 5.03. The van der Waals surface area contributed by atoms with Gasteiger partial charge in [0.25, 0.3) is 0 Å². The fourth-order valence-corrected chi connectivity index (χ4v) is 1.72. The number of likely N-dealkylation sites (tertiary alicyclic amines) is 1. The molecule has 3 nitrogen and oxygen atoms in total. The molecule has 0 radical (unpaired) electrons. The van der Waals surface area contributed by atoms with Crippen LogP contribution in [0.25, 0.3) is 0 Å². The van der Waals surface area contributed by atoms with Crippen LogP contribution in [-0.4, -0.2) is 35.1 Å². The van der Waals surface area contributed by atoms with E-state index in [0.29, 0.717) is 0 Å². The molecule has 1 rings (SSSR count). The molecule has 76 valence electrons. The van der Waals surface area contributed by atoms with E-state index in [-0.39, 0.29) is 12.0 Å². The Kier molecular flexibility index (Phi) is 3.31. The first kappa shape index (κ1) is 10.5. The predicted octanol–water partition coefficient (Wildman–Crippen LogP) is 1.44. The molecule has 13 heavy (non-hydrogen) atoms. The zero-order chi connectivity index (χ0) is 10.0. The number of hydrogen-bond acceptors (Lipinski definition) is 2. The lowest BCUT2D eigenvalue weighted by molar-refractivity contribution is -0.144. The summed E-state index contributed by atoms with van der Waals surface area (Å²) >= 11 is 0. The molecule has 0 aliphatic carbocycles. The second-order valence-corrected chi connectivity index (χ2v) is 4.10. The zero-order valence-corrected chi connectivity index (χ0v) is 8.66. The van der Waals surface area contributed by atoms with Crippen LogP contribution in [0.1, 0.15) is 27.2 Å². The highest BCUT2D eigenvalue weighted by Crippen LogP contribution is 2.24. The van der Waals surface area contributed by atoms with Crippen molar-refractivity contribution in [3.05, 3.63) is 0 Å². The molecule has 1 fully saturated rings. The van der Waals surface area contributed by atoms with Gasteiger partial charge in [-0.3, -0.25) is 9.69 Å². The molecular weight excluding hydrogens is 166 g/mol. The Morgan fingerprint density at radius 2 is 2.08 bits per heavy atom. The monoisotopic (exact) mass is 185 g/mol. The Morgan fingerprint density at radius 3 is 2.46 bits per heavy atom. The van der Waals surface area contributed by atoms with Crippen LogP contribution in [0.15, 0.2) is 0 Å². The summed E-state index contributed by atoms with van der Waals surface area (Å²) in [6, 6.07) is 0.181. The maximum atomic E-state index is 10.7. The molecule has 0 bridgehead atoms. The van der Waals surface area contributed by atoms with Gasteiger partial charge in [-0.25, -0.2) is 0 Å². The fraction of sp³-hybridized carbons (Fsp3) is 0.900. The molecule has 3 heteroatoms. The molecule has 0 saturated carbocycles. The van der Waals surface area contributed by atoms with Crippen LogP contribution in [0.4, 0.5) is 0 Å².